The molecule has 0 radical (unpaired) electrons. The number of rotatable bonds is 1. The van der Waals surface area contributed by atoms with Crippen molar-refractivity contribution >= 4 is 43.5 Å². The topological polar surface area (TPSA) is 38.9 Å². The van der Waals surface area contributed by atoms with Gasteiger partial charge >= 0.3 is 0 Å². The molecule has 3 aromatic heterocycles. The maximum absolute atomic E-state index is 8.25. The molecular weight excluding hydrogens is 340 g/mol. The van der Waals surface area contributed by atoms with Gasteiger partial charge in [0.05, 0.1) is 26.4 Å². The summed E-state index contributed by atoms with van der Waals surface area (Å²) in [5.74, 6) is 0. The average Bonchev–Trinajstić information content (AvgIpc) is 3.28. The minimum Gasteiger partial charge on any atom is -0.455 e. The Morgan fingerprint density at radius 3 is 2.85 bits per heavy atom. The smallest absolute Gasteiger partial charge is 0.144 e. The van der Waals surface area contributed by atoms with E-state index in [2.05, 4.69) is 31.8 Å². The number of aromatic nitrogens is 2. The Kier molecular flexibility index (Phi) is 2.45. The van der Waals surface area contributed by atoms with Gasteiger partial charge in [-0.2, -0.15) is 0 Å². The molecule has 0 unspecified atom stereocenters. The van der Waals surface area contributed by atoms with Gasteiger partial charge in [-0.05, 0) is 24.2 Å². The van der Waals surface area contributed by atoms with E-state index in [-0.39, 0.29) is 35.4 Å². The fraction of sp³-hybridized carbons (Fsp3) is 0.182. The van der Waals surface area contributed by atoms with E-state index < -0.39 is 0 Å². The summed E-state index contributed by atoms with van der Waals surface area (Å²) in [7, 11) is 0. The summed E-state index contributed by atoms with van der Waals surface area (Å²) >= 11 is 1.67. The van der Waals surface area contributed by atoms with Crippen LogP contribution < -0.4 is 0 Å². The fourth-order valence-electron chi connectivity index (χ4n) is 3.08. The third kappa shape index (κ3) is 2.33. The number of nitrogens with zero attached hydrogens (tertiary/aromatic N) is 2. The van der Waals surface area contributed by atoms with Crippen LogP contribution in [0.5, 0.6) is 0 Å². The maximum atomic E-state index is 8.25. The van der Waals surface area contributed by atoms with E-state index in [1.807, 2.05) is 18.2 Å². The molecule has 5 rings (SSSR count). The molecule has 0 bridgehead atoms. The lowest BCUT2D eigenvalue weighted by molar-refractivity contribution is 0.587. The van der Waals surface area contributed by atoms with Gasteiger partial charge < -0.3 is 4.42 Å². The number of furan rings is 1. The lowest BCUT2D eigenvalue weighted by Gasteiger charge is -2.13. The lowest BCUT2D eigenvalue weighted by Crippen LogP contribution is -2.09. The highest BCUT2D eigenvalue weighted by molar-refractivity contribution is 7.18. The molecule has 4 heteroatoms. The molecule has 3 nitrogen and oxygen atoms in total. The van der Waals surface area contributed by atoms with Crippen molar-refractivity contribution in [2.24, 2.45) is 0 Å². The van der Waals surface area contributed by atoms with Crippen LogP contribution in [0.2, 0.25) is 0 Å². The van der Waals surface area contributed by atoms with E-state index in [9.17, 15) is 0 Å². The molecule has 2 aromatic carbocycles. The molecule has 0 saturated heterocycles. The number of hydrogen-bond donors (Lipinski definition) is 0. The fourth-order valence-corrected chi connectivity index (χ4v) is 4.13. The zero-order valence-electron chi connectivity index (χ0n) is 18.6. The summed E-state index contributed by atoms with van der Waals surface area (Å²) in [5.41, 5.74) is 2.83. The van der Waals surface area contributed by atoms with Gasteiger partial charge in [-0.15, -0.1) is 11.3 Å². The van der Waals surface area contributed by atoms with Crippen LogP contribution in [-0.2, 0) is 5.41 Å². The van der Waals surface area contributed by atoms with E-state index in [1.165, 1.54) is 0 Å². The van der Waals surface area contributed by atoms with E-state index in [1.54, 1.807) is 17.4 Å². The van der Waals surface area contributed by atoms with Crippen molar-refractivity contribution in [3.05, 3.63) is 59.6 Å². The first-order valence-corrected chi connectivity index (χ1v) is 9.18. The molecule has 0 saturated carbocycles. The van der Waals surface area contributed by atoms with Crippen LogP contribution in [0.4, 0.5) is 0 Å². The monoisotopic (exact) mass is 362 g/mol. The van der Waals surface area contributed by atoms with Crippen LogP contribution in [-0.4, -0.2) is 9.97 Å². The number of pyridine rings is 1. The molecular formula is C22H18N2OS. The second-order valence-corrected chi connectivity index (χ2v) is 8.35. The first kappa shape index (κ1) is 11.8. The maximum Gasteiger partial charge on any atom is 0.144 e. The molecule has 0 N–H and O–H groups in total. The first-order chi connectivity index (χ1) is 14.1. The summed E-state index contributed by atoms with van der Waals surface area (Å²) in [4.78, 5) is 8.89. The number of hydrogen-bond acceptors (Lipinski definition) is 4. The zero-order valence-corrected chi connectivity index (χ0v) is 15.4. The molecule has 0 atom stereocenters. The Bertz CT molecular complexity index is 1480. The van der Waals surface area contributed by atoms with Crippen molar-refractivity contribution < 1.29 is 9.90 Å². The first-order valence-electron chi connectivity index (χ1n) is 10.4. The quantitative estimate of drug-likeness (QED) is 0.339. The molecule has 0 aliphatic heterocycles. The molecule has 3 heterocycles. The number of para-hydroxylation sites is 1. The van der Waals surface area contributed by atoms with Crippen molar-refractivity contribution in [3.63, 3.8) is 0 Å². The molecule has 0 fully saturated rings. The van der Waals surface area contributed by atoms with E-state index >= 15 is 0 Å². The molecule has 0 aliphatic carbocycles. The zero-order chi connectivity index (χ0) is 21.4. The van der Waals surface area contributed by atoms with Crippen molar-refractivity contribution in [1.29, 1.82) is 0 Å². The normalized spacial score (nSPS) is 14.6. The summed E-state index contributed by atoms with van der Waals surface area (Å²) < 4.78 is 39.1. The number of fused-ring (bicyclic) bond motifs is 4. The van der Waals surface area contributed by atoms with Crippen LogP contribution in [0.25, 0.3) is 43.4 Å². The third-order valence-electron chi connectivity index (χ3n) is 4.37. The minimum absolute atomic E-state index is 0.0256. The van der Waals surface area contributed by atoms with Crippen LogP contribution in [0.1, 0.15) is 31.3 Å². The van der Waals surface area contributed by atoms with Gasteiger partial charge in [0.2, 0.25) is 0 Å². The summed E-state index contributed by atoms with van der Waals surface area (Å²) in [5, 5.41) is 2.90. The van der Waals surface area contributed by atoms with Gasteiger partial charge in [0.25, 0.3) is 0 Å². The largest absolute Gasteiger partial charge is 0.455 e. The van der Waals surface area contributed by atoms with Gasteiger partial charge in [-0.25, -0.2) is 4.98 Å². The van der Waals surface area contributed by atoms with Crippen molar-refractivity contribution in [3.8, 4) is 11.3 Å². The lowest BCUT2D eigenvalue weighted by atomic mass is 9.98. The highest BCUT2D eigenvalue weighted by Gasteiger charge is 2.20. The van der Waals surface area contributed by atoms with E-state index in [0.29, 0.717) is 16.7 Å². The second kappa shape index (κ2) is 5.39. The second-order valence-electron chi connectivity index (χ2n) is 7.32. The molecule has 0 spiro atoms. The highest BCUT2D eigenvalue weighted by Crippen LogP contribution is 2.39. The molecule has 0 amide bonds. The van der Waals surface area contributed by atoms with Gasteiger partial charge in [0, 0.05) is 34.0 Å². The average molecular weight is 362 g/mol. The Morgan fingerprint density at radius 2 is 2.00 bits per heavy atom. The Labute approximate surface area is 160 Å². The van der Waals surface area contributed by atoms with Crippen LogP contribution in [0.15, 0.2) is 59.0 Å². The summed E-state index contributed by atoms with van der Waals surface area (Å²) in [6.45, 7) is 6.43. The predicted octanol–water partition coefficient (Wildman–Crippen LogP) is 6.56. The van der Waals surface area contributed by atoms with E-state index in [0.717, 1.165) is 26.0 Å². The molecule has 128 valence electrons. The van der Waals surface area contributed by atoms with Gasteiger partial charge in [0.15, 0.2) is 0 Å². The number of thiazole rings is 1. The third-order valence-corrected chi connectivity index (χ3v) is 5.81. The number of benzene rings is 2. The SMILES string of the molecule is [2H]c1nc(-c2cccc3c2oc2cc4nc(C(C)(C)C)sc4cc23)c([2H])c([2H])c1[2H]. The standard InChI is InChI=1S/C22H18N2OS/c1-22(2,3)21-24-17-12-18-15(11-19(17)26-21)13-7-6-8-14(20(13)25-18)16-9-4-5-10-23-16/h4-12H,1-3H3/i4D,5D,9D,10D. The molecule has 26 heavy (non-hydrogen) atoms. The summed E-state index contributed by atoms with van der Waals surface area (Å²) in [6.07, 6.45) is -0.321. The van der Waals surface area contributed by atoms with E-state index in [4.69, 9.17) is 14.9 Å². The van der Waals surface area contributed by atoms with Gasteiger partial charge in [0.1, 0.15) is 11.2 Å². The summed E-state index contributed by atoms with van der Waals surface area (Å²) in [6, 6.07) is 8.77. The van der Waals surface area contributed by atoms with Crippen LogP contribution in [0.3, 0.4) is 0 Å². The Balaban J connectivity index is 1.80. The highest BCUT2D eigenvalue weighted by atomic mass is 32.1. The van der Waals surface area contributed by atoms with Crippen LogP contribution >= 0.6 is 11.3 Å². The van der Waals surface area contributed by atoms with Crippen molar-refractivity contribution in [2.45, 2.75) is 26.2 Å². The van der Waals surface area contributed by atoms with Crippen molar-refractivity contribution in [2.75, 3.05) is 0 Å². The Morgan fingerprint density at radius 1 is 1.12 bits per heavy atom. The van der Waals surface area contributed by atoms with Crippen LogP contribution in [0, 0.1) is 0 Å². The molecule has 0 aliphatic rings. The predicted molar refractivity (Wildman–Crippen MR) is 109 cm³/mol. The van der Waals surface area contributed by atoms with Gasteiger partial charge in [-0.3, -0.25) is 4.98 Å². The van der Waals surface area contributed by atoms with Crippen molar-refractivity contribution in [1.82, 2.24) is 9.97 Å². The Hall–Kier alpha value is -2.72. The molecule has 5 aromatic rings. The minimum atomic E-state index is -0.346. The van der Waals surface area contributed by atoms with Gasteiger partial charge in [-0.1, -0.05) is 38.9 Å².